The second-order valence-electron chi connectivity index (χ2n) is 7.82. The molecule has 1 aliphatic heterocycles. The summed E-state index contributed by atoms with van der Waals surface area (Å²) in [5.74, 6) is 0.895. The third-order valence-electron chi connectivity index (χ3n) is 5.99. The van der Waals surface area contributed by atoms with Gasteiger partial charge in [0.25, 0.3) is 0 Å². The summed E-state index contributed by atoms with van der Waals surface area (Å²) in [6.45, 7) is 2.68. The van der Waals surface area contributed by atoms with Crippen molar-refractivity contribution in [2.24, 2.45) is 0 Å². The first-order valence-corrected chi connectivity index (χ1v) is 11.7. The smallest absolute Gasteiger partial charge is 0.119 e. The highest BCUT2D eigenvalue weighted by molar-refractivity contribution is 7.08. The maximum Gasteiger partial charge on any atom is 0.119 e. The van der Waals surface area contributed by atoms with Crippen LogP contribution in [0.2, 0.25) is 0 Å². The monoisotopic (exact) mass is 426 g/mol. The van der Waals surface area contributed by atoms with E-state index in [1.807, 2.05) is 19.1 Å². The van der Waals surface area contributed by atoms with E-state index in [1.54, 1.807) is 11.3 Å². The number of hydrogen-bond acceptors (Lipinski definition) is 4. The minimum Gasteiger partial charge on any atom is -0.494 e. The lowest BCUT2D eigenvalue weighted by molar-refractivity contribution is 0.340. The van der Waals surface area contributed by atoms with E-state index in [0.717, 1.165) is 17.9 Å². The molecule has 31 heavy (non-hydrogen) atoms. The summed E-state index contributed by atoms with van der Waals surface area (Å²) in [6, 6.07) is 21.5. The molecule has 2 atom stereocenters. The van der Waals surface area contributed by atoms with Gasteiger partial charge in [0.2, 0.25) is 0 Å². The van der Waals surface area contributed by atoms with Crippen LogP contribution in [0.3, 0.4) is 0 Å². The molecule has 0 amide bonds. The molecule has 4 heteroatoms. The molecule has 0 spiro atoms. The van der Waals surface area contributed by atoms with Gasteiger partial charge in [-0.1, -0.05) is 54.6 Å². The standard InChI is InChI=1S/C27H26N2OS/c1-2-30-24-13-11-23(12-14-24)29-25(21-15-18-31-20-21)19-26(28-29)27(16-7-4-8-17-27)22-9-5-3-6-10-22/h3-16,18-20,25,28H,2,17H2,1H3. The van der Waals surface area contributed by atoms with Crippen LogP contribution in [0, 0.1) is 0 Å². The Hall–Kier alpha value is -3.24. The molecule has 0 fully saturated rings. The zero-order chi connectivity index (χ0) is 21.1. The summed E-state index contributed by atoms with van der Waals surface area (Å²) < 4.78 is 5.65. The van der Waals surface area contributed by atoms with Gasteiger partial charge in [-0.2, -0.15) is 11.3 Å². The van der Waals surface area contributed by atoms with E-state index in [9.17, 15) is 0 Å². The van der Waals surface area contributed by atoms with Crippen molar-refractivity contribution < 1.29 is 4.74 Å². The third-order valence-corrected chi connectivity index (χ3v) is 6.69. The first-order valence-electron chi connectivity index (χ1n) is 10.7. The van der Waals surface area contributed by atoms with Crippen molar-refractivity contribution in [1.29, 1.82) is 0 Å². The quantitative estimate of drug-likeness (QED) is 0.484. The van der Waals surface area contributed by atoms with E-state index in [1.165, 1.54) is 16.8 Å². The first kappa shape index (κ1) is 19.7. The lowest BCUT2D eigenvalue weighted by atomic mass is 9.72. The molecule has 3 nitrogen and oxygen atoms in total. The molecule has 2 unspecified atom stereocenters. The number of nitrogens with zero attached hydrogens (tertiary/aromatic N) is 1. The Morgan fingerprint density at radius 2 is 1.90 bits per heavy atom. The summed E-state index contributed by atoms with van der Waals surface area (Å²) in [7, 11) is 0. The van der Waals surface area contributed by atoms with Gasteiger partial charge in [-0.3, -0.25) is 5.01 Å². The largest absolute Gasteiger partial charge is 0.494 e. The fourth-order valence-electron chi connectivity index (χ4n) is 4.43. The van der Waals surface area contributed by atoms with Gasteiger partial charge in [-0.25, -0.2) is 0 Å². The molecule has 1 aliphatic carbocycles. The lowest BCUT2D eigenvalue weighted by Crippen LogP contribution is -2.40. The number of anilines is 1. The highest BCUT2D eigenvalue weighted by atomic mass is 32.1. The Morgan fingerprint density at radius 1 is 1.06 bits per heavy atom. The molecule has 1 aromatic heterocycles. The molecule has 2 heterocycles. The van der Waals surface area contributed by atoms with Crippen molar-refractivity contribution in [2.45, 2.75) is 24.8 Å². The maximum atomic E-state index is 5.65. The molecule has 1 N–H and O–H groups in total. The summed E-state index contributed by atoms with van der Waals surface area (Å²) in [6.07, 6.45) is 12.2. The van der Waals surface area contributed by atoms with E-state index >= 15 is 0 Å². The van der Waals surface area contributed by atoms with E-state index in [2.05, 4.69) is 100 Å². The number of hydrogen-bond donors (Lipinski definition) is 1. The van der Waals surface area contributed by atoms with Gasteiger partial charge in [-0.05, 0) is 71.6 Å². The van der Waals surface area contributed by atoms with Gasteiger partial charge >= 0.3 is 0 Å². The van der Waals surface area contributed by atoms with Gasteiger partial charge in [0.05, 0.1) is 23.8 Å². The number of allylic oxidation sites excluding steroid dienone is 4. The number of thiophene rings is 1. The molecule has 0 bridgehead atoms. The van der Waals surface area contributed by atoms with Crippen LogP contribution in [-0.2, 0) is 5.41 Å². The van der Waals surface area contributed by atoms with Crippen LogP contribution in [0.15, 0.2) is 108 Å². The van der Waals surface area contributed by atoms with E-state index < -0.39 is 0 Å². The van der Waals surface area contributed by atoms with Crippen LogP contribution >= 0.6 is 11.3 Å². The van der Waals surface area contributed by atoms with Crippen molar-refractivity contribution in [3.63, 3.8) is 0 Å². The normalized spacial score (nSPS) is 22.3. The molecule has 2 aliphatic rings. The second kappa shape index (κ2) is 8.48. The third kappa shape index (κ3) is 3.68. The van der Waals surface area contributed by atoms with Gasteiger partial charge < -0.3 is 10.2 Å². The van der Waals surface area contributed by atoms with Crippen molar-refractivity contribution in [1.82, 2.24) is 5.43 Å². The number of nitrogens with one attached hydrogen (secondary N) is 1. The Morgan fingerprint density at radius 3 is 2.58 bits per heavy atom. The van der Waals surface area contributed by atoms with E-state index in [-0.39, 0.29) is 11.5 Å². The van der Waals surface area contributed by atoms with Gasteiger partial charge in [0.1, 0.15) is 5.75 Å². The van der Waals surface area contributed by atoms with Crippen LogP contribution in [0.25, 0.3) is 0 Å². The summed E-state index contributed by atoms with van der Waals surface area (Å²) in [5, 5.41) is 6.65. The average Bonchev–Trinajstić information content (AvgIpc) is 3.51. The predicted molar refractivity (Wildman–Crippen MR) is 129 cm³/mol. The second-order valence-corrected chi connectivity index (χ2v) is 8.60. The SMILES string of the molecule is CCOc1ccc(N2NC(C3(c4ccccc4)C=CC=CC3)=CC2c2ccsc2)cc1. The van der Waals surface area contributed by atoms with Crippen LogP contribution < -0.4 is 15.2 Å². The Balaban J connectivity index is 1.56. The molecule has 0 saturated heterocycles. The lowest BCUT2D eigenvalue weighted by Gasteiger charge is -2.35. The zero-order valence-corrected chi connectivity index (χ0v) is 18.4. The molecule has 0 radical (unpaired) electrons. The predicted octanol–water partition coefficient (Wildman–Crippen LogP) is 6.55. The first-order chi connectivity index (χ1) is 15.3. The molecular formula is C27H26N2OS. The minimum atomic E-state index is -0.204. The number of hydrazine groups is 1. The molecule has 0 saturated carbocycles. The van der Waals surface area contributed by atoms with Crippen molar-refractivity contribution in [2.75, 3.05) is 11.6 Å². The topological polar surface area (TPSA) is 24.5 Å². The molecule has 5 rings (SSSR count). The van der Waals surface area contributed by atoms with E-state index in [4.69, 9.17) is 4.74 Å². The Kier molecular flexibility index (Phi) is 5.39. The summed E-state index contributed by atoms with van der Waals surface area (Å²) in [4.78, 5) is 0. The van der Waals surface area contributed by atoms with Crippen molar-refractivity contribution in [3.05, 3.63) is 119 Å². The average molecular weight is 427 g/mol. The van der Waals surface area contributed by atoms with Crippen molar-refractivity contribution >= 4 is 17.0 Å². The van der Waals surface area contributed by atoms with Crippen LogP contribution in [0.4, 0.5) is 5.69 Å². The Bertz CT molecular complexity index is 1100. The fraction of sp³-hybridized carbons (Fsp3) is 0.185. The Labute approximate surface area is 188 Å². The number of ether oxygens (including phenoxy) is 1. The summed E-state index contributed by atoms with van der Waals surface area (Å²) in [5.41, 5.74) is 8.49. The van der Waals surface area contributed by atoms with Gasteiger partial charge in [-0.15, -0.1) is 0 Å². The van der Waals surface area contributed by atoms with E-state index in [0.29, 0.717) is 6.61 Å². The van der Waals surface area contributed by atoms with Crippen LogP contribution in [0.1, 0.15) is 30.5 Å². The minimum absolute atomic E-state index is 0.124. The molecule has 2 aromatic carbocycles. The molecular weight excluding hydrogens is 400 g/mol. The van der Waals surface area contributed by atoms with Crippen molar-refractivity contribution in [3.8, 4) is 5.75 Å². The number of benzene rings is 2. The van der Waals surface area contributed by atoms with Gasteiger partial charge in [0, 0.05) is 5.70 Å². The molecule has 3 aromatic rings. The summed E-state index contributed by atoms with van der Waals surface area (Å²) >= 11 is 1.74. The van der Waals surface area contributed by atoms with Crippen LogP contribution in [0.5, 0.6) is 5.75 Å². The van der Waals surface area contributed by atoms with Crippen LogP contribution in [-0.4, -0.2) is 6.61 Å². The highest BCUT2D eigenvalue weighted by Crippen LogP contribution is 2.44. The fourth-order valence-corrected chi connectivity index (χ4v) is 5.12. The molecule has 156 valence electrons. The maximum absolute atomic E-state index is 5.65. The zero-order valence-electron chi connectivity index (χ0n) is 17.6. The van der Waals surface area contributed by atoms with Gasteiger partial charge in [0.15, 0.2) is 0 Å². The highest BCUT2D eigenvalue weighted by Gasteiger charge is 2.40. The number of rotatable bonds is 6.